The fraction of sp³-hybridized carbons (Fsp3) is 0.960. The first kappa shape index (κ1) is 27.4. The minimum absolute atomic E-state index is 0.0532. The SMILES string of the molecule is CCCCCCCCC(CCCCCCCC)C(=O)OCCCCCCCO. The number of hydrogen-bond acceptors (Lipinski definition) is 3. The Morgan fingerprint density at radius 1 is 0.643 bits per heavy atom. The molecule has 0 heterocycles. The fourth-order valence-corrected chi connectivity index (χ4v) is 3.76. The fourth-order valence-electron chi connectivity index (χ4n) is 3.76. The van der Waals surface area contributed by atoms with Crippen LogP contribution in [-0.2, 0) is 9.53 Å². The number of ether oxygens (including phenoxy) is 1. The Balaban J connectivity index is 4.01. The lowest BCUT2D eigenvalue weighted by Crippen LogP contribution is -2.18. The lowest BCUT2D eigenvalue weighted by Gasteiger charge is -2.16. The van der Waals surface area contributed by atoms with Gasteiger partial charge in [0.2, 0.25) is 0 Å². The van der Waals surface area contributed by atoms with Gasteiger partial charge in [-0.2, -0.15) is 0 Å². The Kier molecular flexibility index (Phi) is 22.3. The molecule has 168 valence electrons. The molecule has 0 aromatic carbocycles. The topological polar surface area (TPSA) is 46.5 Å². The van der Waals surface area contributed by atoms with Gasteiger partial charge in [-0.15, -0.1) is 0 Å². The molecule has 28 heavy (non-hydrogen) atoms. The van der Waals surface area contributed by atoms with E-state index in [1.165, 1.54) is 77.0 Å². The normalized spacial score (nSPS) is 11.3. The van der Waals surface area contributed by atoms with Crippen LogP contribution < -0.4 is 0 Å². The summed E-state index contributed by atoms with van der Waals surface area (Å²) >= 11 is 0. The summed E-state index contributed by atoms with van der Waals surface area (Å²) in [5.74, 6) is 0.171. The maximum absolute atomic E-state index is 12.6. The molecule has 0 radical (unpaired) electrons. The van der Waals surface area contributed by atoms with Crippen LogP contribution in [0.3, 0.4) is 0 Å². The van der Waals surface area contributed by atoms with E-state index in [2.05, 4.69) is 13.8 Å². The molecule has 0 aliphatic carbocycles. The van der Waals surface area contributed by atoms with Crippen molar-refractivity contribution in [2.75, 3.05) is 13.2 Å². The highest BCUT2D eigenvalue weighted by molar-refractivity contribution is 5.72. The predicted octanol–water partition coefficient (Wildman–Crippen LogP) is 7.59. The molecule has 0 aromatic rings. The van der Waals surface area contributed by atoms with Gasteiger partial charge in [-0.3, -0.25) is 4.79 Å². The molecule has 0 rings (SSSR count). The van der Waals surface area contributed by atoms with E-state index < -0.39 is 0 Å². The Morgan fingerprint density at radius 2 is 1.07 bits per heavy atom. The first-order valence-electron chi connectivity index (χ1n) is 12.5. The number of aliphatic hydroxyl groups excluding tert-OH is 1. The third-order valence-corrected chi connectivity index (χ3v) is 5.69. The molecule has 0 amide bonds. The molecule has 0 unspecified atom stereocenters. The van der Waals surface area contributed by atoms with Crippen LogP contribution in [0, 0.1) is 5.92 Å². The molecular weight excluding hydrogens is 348 g/mol. The van der Waals surface area contributed by atoms with Crippen molar-refractivity contribution in [1.29, 1.82) is 0 Å². The van der Waals surface area contributed by atoms with Crippen molar-refractivity contribution in [2.45, 2.75) is 136 Å². The summed E-state index contributed by atoms with van der Waals surface area (Å²) in [6.07, 6.45) is 22.5. The van der Waals surface area contributed by atoms with Crippen molar-refractivity contribution in [2.24, 2.45) is 5.92 Å². The second-order valence-corrected chi connectivity index (χ2v) is 8.47. The predicted molar refractivity (Wildman–Crippen MR) is 121 cm³/mol. The zero-order chi connectivity index (χ0) is 20.7. The van der Waals surface area contributed by atoms with Crippen LogP contribution in [0.5, 0.6) is 0 Å². The average molecular weight is 399 g/mol. The van der Waals surface area contributed by atoms with E-state index in [0.717, 1.165) is 44.9 Å². The molecule has 0 saturated carbocycles. The van der Waals surface area contributed by atoms with Crippen LogP contribution in [-0.4, -0.2) is 24.3 Å². The molecule has 0 aliphatic rings. The second-order valence-electron chi connectivity index (χ2n) is 8.47. The number of esters is 1. The lowest BCUT2D eigenvalue weighted by molar-refractivity contribution is -0.149. The van der Waals surface area contributed by atoms with Crippen LogP contribution in [0.4, 0.5) is 0 Å². The van der Waals surface area contributed by atoms with E-state index >= 15 is 0 Å². The number of unbranched alkanes of at least 4 members (excludes halogenated alkanes) is 14. The molecule has 0 aromatic heterocycles. The van der Waals surface area contributed by atoms with Gasteiger partial charge in [-0.25, -0.2) is 0 Å². The minimum atomic E-state index is 0.0532. The summed E-state index contributed by atoms with van der Waals surface area (Å²) in [5.41, 5.74) is 0. The summed E-state index contributed by atoms with van der Waals surface area (Å²) in [4.78, 5) is 12.6. The van der Waals surface area contributed by atoms with E-state index in [0.29, 0.717) is 6.61 Å². The van der Waals surface area contributed by atoms with Crippen LogP contribution in [0.25, 0.3) is 0 Å². The summed E-state index contributed by atoms with van der Waals surface area (Å²) in [6, 6.07) is 0. The zero-order valence-electron chi connectivity index (χ0n) is 19.2. The molecule has 0 aliphatic heterocycles. The first-order chi connectivity index (χ1) is 13.8. The van der Waals surface area contributed by atoms with Crippen molar-refractivity contribution in [3.8, 4) is 0 Å². The standard InChI is InChI=1S/C25H50O3/c1-3-5-7-9-12-16-20-24(21-17-13-10-8-6-4-2)25(27)28-23-19-15-11-14-18-22-26/h24,26H,3-23H2,1-2H3. The van der Waals surface area contributed by atoms with E-state index in [9.17, 15) is 4.79 Å². The van der Waals surface area contributed by atoms with Crippen LogP contribution in [0.15, 0.2) is 0 Å². The van der Waals surface area contributed by atoms with Gasteiger partial charge in [0.1, 0.15) is 0 Å². The molecule has 3 nitrogen and oxygen atoms in total. The van der Waals surface area contributed by atoms with E-state index in [1.807, 2.05) is 0 Å². The van der Waals surface area contributed by atoms with Gasteiger partial charge in [0, 0.05) is 6.61 Å². The zero-order valence-corrected chi connectivity index (χ0v) is 19.2. The third-order valence-electron chi connectivity index (χ3n) is 5.69. The number of rotatable bonds is 22. The van der Waals surface area contributed by atoms with Gasteiger partial charge in [0.25, 0.3) is 0 Å². The summed E-state index contributed by atoms with van der Waals surface area (Å²) in [7, 11) is 0. The molecule has 0 atom stereocenters. The average Bonchev–Trinajstić information content (AvgIpc) is 2.70. The highest BCUT2D eigenvalue weighted by atomic mass is 16.5. The van der Waals surface area contributed by atoms with Crippen molar-refractivity contribution in [3.05, 3.63) is 0 Å². The highest BCUT2D eigenvalue weighted by Gasteiger charge is 2.19. The van der Waals surface area contributed by atoms with Crippen molar-refractivity contribution < 1.29 is 14.6 Å². The van der Waals surface area contributed by atoms with E-state index in [4.69, 9.17) is 9.84 Å². The Hall–Kier alpha value is -0.570. The maximum atomic E-state index is 12.6. The van der Waals surface area contributed by atoms with Gasteiger partial charge in [-0.05, 0) is 25.7 Å². The second kappa shape index (κ2) is 22.7. The van der Waals surface area contributed by atoms with Crippen LogP contribution in [0.2, 0.25) is 0 Å². The monoisotopic (exact) mass is 398 g/mol. The smallest absolute Gasteiger partial charge is 0.308 e. The molecular formula is C25H50O3. The number of carbonyl (C=O) groups is 1. The number of aliphatic hydroxyl groups is 1. The van der Waals surface area contributed by atoms with E-state index in [1.54, 1.807) is 0 Å². The van der Waals surface area contributed by atoms with Gasteiger partial charge >= 0.3 is 5.97 Å². The quantitative estimate of drug-likeness (QED) is 0.151. The lowest BCUT2D eigenvalue weighted by atomic mass is 9.94. The number of carbonyl (C=O) groups excluding carboxylic acids is 1. The first-order valence-corrected chi connectivity index (χ1v) is 12.5. The summed E-state index contributed by atoms with van der Waals surface area (Å²) < 4.78 is 5.61. The molecule has 0 bridgehead atoms. The van der Waals surface area contributed by atoms with Crippen molar-refractivity contribution in [1.82, 2.24) is 0 Å². The van der Waals surface area contributed by atoms with Gasteiger partial charge < -0.3 is 9.84 Å². The van der Waals surface area contributed by atoms with Crippen LogP contribution in [0.1, 0.15) is 136 Å². The van der Waals surface area contributed by atoms with Crippen LogP contribution >= 0.6 is 0 Å². The van der Waals surface area contributed by atoms with Gasteiger partial charge in [0.15, 0.2) is 0 Å². The molecule has 3 heteroatoms. The largest absolute Gasteiger partial charge is 0.465 e. The molecule has 0 saturated heterocycles. The van der Waals surface area contributed by atoms with Gasteiger partial charge in [-0.1, -0.05) is 110 Å². The summed E-state index contributed by atoms with van der Waals surface area (Å²) in [5, 5.41) is 8.80. The number of hydrogen-bond donors (Lipinski definition) is 1. The summed E-state index contributed by atoms with van der Waals surface area (Å²) in [6.45, 7) is 5.35. The Labute approximate surface area is 176 Å². The Bertz CT molecular complexity index is 301. The van der Waals surface area contributed by atoms with Crippen molar-refractivity contribution >= 4 is 5.97 Å². The maximum Gasteiger partial charge on any atom is 0.308 e. The van der Waals surface area contributed by atoms with Crippen molar-refractivity contribution in [3.63, 3.8) is 0 Å². The van der Waals surface area contributed by atoms with E-state index in [-0.39, 0.29) is 18.5 Å². The Morgan fingerprint density at radius 3 is 1.57 bits per heavy atom. The molecule has 1 N–H and O–H groups in total. The highest BCUT2D eigenvalue weighted by Crippen LogP contribution is 2.21. The molecule has 0 fully saturated rings. The third kappa shape index (κ3) is 18.8. The van der Waals surface area contributed by atoms with Gasteiger partial charge in [0.05, 0.1) is 12.5 Å². The minimum Gasteiger partial charge on any atom is -0.465 e. The molecule has 0 spiro atoms.